The molecule has 4 rings (SSSR count). The molecular formula is C20H18FN3O. The predicted octanol–water partition coefficient (Wildman–Crippen LogP) is 3.88. The molecule has 0 saturated carbocycles. The number of hydrogen-bond acceptors (Lipinski definition) is 2. The highest BCUT2D eigenvalue weighted by atomic mass is 19.1. The monoisotopic (exact) mass is 335 g/mol. The fourth-order valence-electron chi connectivity index (χ4n) is 3.48. The van der Waals surface area contributed by atoms with Gasteiger partial charge in [-0.3, -0.25) is 4.79 Å². The molecule has 1 aliphatic heterocycles. The standard InChI is InChI=1S/C20H18FN3O/c1-2-11-23-18-6-4-3-5-17(18)22-20(23)14-12-19(25)24(13-14)16-9-7-15(21)8-10-16/h2-10,14H,1,11-13H2/t14-/m1/s1. The second kappa shape index (κ2) is 6.16. The van der Waals surface area contributed by atoms with Gasteiger partial charge in [0, 0.05) is 31.1 Å². The molecular weight excluding hydrogens is 317 g/mol. The van der Waals surface area contributed by atoms with Gasteiger partial charge in [-0.05, 0) is 36.4 Å². The Kier molecular flexibility index (Phi) is 3.84. The number of aromatic nitrogens is 2. The molecule has 0 aliphatic carbocycles. The SMILES string of the molecule is C=CCn1c([C@@H]2CC(=O)N(c3ccc(F)cc3)C2)nc2ccccc21. The summed E-state index contributed by atoms with van der Waals surface area (Å²) in [6, 6.07) is 14.0. The van der Waals surface area contributed by atoms with E-state index >= 15 is 0 Å². The largest absolute Gasteiger partial charge is 0.324 e. The normalized spacial score (nSPS) is 17.4. The molecule has 0 N–H and O–H groups in total. The van der Waals surface area contributed by atoms with E-state index in [0.29, 0.717) is 19.5 Å². The lowest BCUT2D eigenvalue weighted by atomic mass is 10.1. The maximum Gasteiger partial charge on any atom is 0.227 e. The molecule has 0 spiro atoms. The summed E-state index contributed by atoms with van der Waals surface area (Å²) in [6.07, 6.45) is 2.24. The third kappa shape index (κ3) is 2.71. The zero-order valence-corrected chi connectivity index (χ0v) is 13.7. The van der Waals surface area contributed by atoms with E-state index in [2.05, 4.69) is 11.1 Å². The van der Waals surface area contributed by atoms with Crippen molar-refractivity contribution in [1.29, 1.82) is 0 Å². The minimum absolute atomic E-state index is 0.00454. The number of benzene rings is 2. The van der Waals surface area contributed by atoms with E-state index in [-0.39, 0.29) is 17.6 Å². The summed E-state index contributed by atoms with van der Waals surface area (Å²) < 4.78 is 15.3. The Morgan fingerprint density at radius 1 is 1.20 bits per heavy atom. The van der Waals surface area contributed by atoms with E-state index in [1.165, 1.54) is 12.1 Å². The molecule has 25 heavy (non-hydrogen) atoms. The van der Waals surface area contributed by atoms with Crippen molar-refractivity contribution in [2.45, 2.75) is 18.9 Å². The van der Waals surface area contributed by atoms with Crippen molar-refractivity contribution in [1.82, 2.24) is 9.55 Å². The first-order chi connectivity index (χ1) is 12.2. The van der Waals surface area contributed by atoms with Crippen LogP contribution in [0.5, 0.6) is 0 Å². The van der Waals surface area contributed by atoms with E-state index < -0.39 is 0 Å². The van der Waals surface area contributed by atoms with Gasteiger partial charge in [0.25, 0.3) is 0 Å². The maximum absolute atomic E-state index is 13.1. The van der Waals surface area contributed by atoms with Crippen molar-refractivity contribution >= 4 is 22.6 Å². The summed E-state index contributed by atoms with van der Waals surface area (Å²) in [7, 11) is 0. The van der Waals surface area contributed by atoms with Gasteiger partial charge in [-0.2, -0.15) is 0 Å². The lowest BCUT2D eigenvalue weighted by Gasteiger charge is -2.17. The summed E-state index contributed by atoms with van der Waals surface area (Å²) in [6.45, 7) is 5.03. The Labute approximate surface area is 145 Å². The molecule has 0 radical (unpaired) electrons. The first-order valence-electron chi connectivity index (χ1n) is 8.29. The summed E-state index contributed by atoms with van der Waals surface area (Å²) in [5.74, 6) is 0.637. The number of allylic oxidation sites excluding steroid dienone is 1. The molecule has 1 aromatic heterocycles. The fraction of sp³-hybridized carbons (Fsp3) is 0.200. The number of nitrogens with zero attached hydrogens (tertiary/aromatic N) is 3. The number of halogens is 1. The zero-order valence-electron chi connectivity index (χ0n) is 13.7. The van der Waals surface area contributed by atoms with E-state index in [0.717, 1.165) is 22.5 Å². The van der Waals surface area contributed by atoms with Crippen LogP contribution in [-0.2, 0) is 11.3 Å². The molecule has 2 heterocycles. The van der Waals surface area contributed by atoms with E-state index in [1.807, 2.05) is 30.3 Å². The van der Waals surface area contributed by atoms with Gasteiger partial charge in [0.1, 0.15) is 11.6 Å². The van der Waals surface area contributed by atoms with Crippen LogP contribution in [0.1, 0.15) is 18.2 Å². The van der Waals surface area contributed by atoms with E-state index in [1.54, 1.807) is 17.0 Å². The van der Waals surface area contributed by atoms with Crippen LogP contribution in [-0.4, -0.2) is 22.0 Å². The molecule has 1 aliphatic rings. The molecule has 1 atom stereocenters. The number of carbonyl (C=O) groups is 1. The number of amides is 1. The van der Waals surface area contributed by atoms with Gasteiger partial charge in [0.05, 0.1) is 11.0 Å². The summed E-state index contributed by atoms with van der Waals surface area (Å²) >= 11 is 0. The molecule has 1 saturated heterocycles. The second-order valence-electron chi connectivity index (χ2n) is 6.24. The highest BCUT2D eigenvalue weighted by Crippen LogP contribution is 2.33. The number of fused-ring (bicyclic) bond motifs is 1. The molecule has 1 amide bonds. The zero-order chi connectivity index (χ0) is 17.4. The van der Waals surface area contributed by atoms with Crippen LogP contribution in [0.4, 0.5) is 10.1 Å². The third-order valence-electron chi connectivity index (χ3n) is 4.62. The van der Waals surface area contributed by atoms with Crippen molar-refractivity contribution in [2.75, 3.05) is 11.4 Å². The van der Waals surface area contributed by atoms with Crippen LogP contribution in [0, 0.1) is 5.82 Å². The van der Waals surface area contributed by atoms with Crippen LogP contribution in [0.2, 0.25) is 0 Å². The number of para-hydroxylation sites is 2. The summed E-state index contributed by atoms with van der Waals surface area (Å²) in [5.41, 5.74) is 2.69. The first-order valence-corrected chi connectivity index (χ1v) is 8.29. The van der Waals surface area contributed by atoms with Gasteiger partial charge in [0.2, 0.25) is 5.91 Å². The van der Waals surface area contributed by atoms with Crippen molar-refractivity contribution in [3.05, 3.63) is 72.8 Å². The quantitative estimate of drug-likeness (QED) is 0.679. The average Bonchev–Trinajstić information content (AvgIpc) is 3.17. The predicted molar refractivity (Wildman–Crippen MR) is 96.0 cm³/mol. The molecule has 0 unspecified atom stereocenters. The highest BCUT2D eigenvalue weighted by molar-refractivity contribution is 5.96. The third-order valence-corrected chi connectivity index (χ3v) is 4.62. The van der Waals surface area contributed by atoms with Crippen molar-refractivity contribution in [2.24, 2.45) is 0 Å². The molecule has 5 heteroatoms. The smallest absolute Gasteiger partial charge is 0.227 e. The van der Waals surface area contributed by atoms with Gasteiger partial charge in [0.15, 0.2) is 0 Å². The summed E-state index contributed by atoms with van der Waals surface area (Å²) in [5, 5.41) is 0. The van der Waals surface area contributed by atoms with Gasteiger partial charge >= 0.3 is 0 Å². The van der Waals surface area contributed by atoms with Crippen LogP contribution < -0.4 is 4.90 Å². The van der Waals surface area contributed by atoms with E-state index in [9.17, 15) is 9.18 Å². The average molecular weight is 335 g/mol. The van der Waals surface area contributed by atoms with Crippen molar-refractivity contribution in [3.8, 4) is 0 Å². The van der Waals surface area contributed by atoms with Gasteiger partial charge in [-0.1, -0.05) is 18.2 Å². The van der Waals surface area contributed by atoms with Crippen LogP contribution >= 0.6 is 0 Å². The lowest BCUT2D eigenvalue weighted by Crippen LogP contribution is -2.24. The number of anilines is 1. The number of hydrogen-bond donors (Lipinski definition) is 0. The number of imidazole rings is 1. The van der Waals surface area contributed by atoms with Crippen LogP contribution in [0.25, 0.3) is 11.0 Å². The Morgan fingerprint density at radius 2 is 1.96 bits per heavy atom. The maximum atomic E-state index is 13.1. The highest BCUT2D eigenvalue weighted by Gasteiger charge is 2.34. The number of rotatable bonds is 4. The molecule has 1 fully saturated rings. The Balaban J connectivity index is 1.70. The molecule has 3 aromatic rings. The van der Waals surface area contributed by atoms with Gasteiger partial charge < -0.3 is 9.47 Å². The molecule has 0 bridgehead atoms. The second-order valence-corrected chi connectivity index (χ2v) is 6.24. The number of carbonyl (C=O) groups excluding carboxylic acids is 1. The Hall–Kier alpha value is -2.95. The summed E-state index contributed by atoms with van der Waals surface area (Å²) in [4.78, 5) is 19.0. The fourth-order valence-corrected chi connectivity index (χ4v) is 3.48. The van der Waals surface area contributed by atoms with Gasteiger partial charge in [-0.15, -0.1) is 6.58 Å². The van der Waals surface area contributed by atoms with Crippen LogP contribution in [0.3, 0.4) is 0 Å². The van der Waals surface area contributed by atoms with Crippen molar-refractivity contribution < 1.29 is 9.18 Å². The Morgan fingerprint density at radius 3 is 2.72 bits per heavy atom. The Bertz CT molecular complexity index is 945. The minimum Gasteiger partial charge on any atom is -0.324 e. The molecule has 2 aromatic carbocycles. The minimum atomic E-state index is -0.306. The van der Waals surface area contributed by atoms with E-state index in [4.69, 9.17) is 4.98 Å². The lowest BCUT2D eigenvalue weighted by molar-refractivity contribution is -0.117. The van der Waals surface area contributed by atoms with Crippen molar-refractivity contribution in [3.63, 3.8) is 0 Å². The molecule has 4 nitrogen and oxygen atoms in total. The van der Waals surface area contributed by atoms with Gasteiger partial charge in [-0.25, -0.2) is 9.37 Å². The molecule has 126 valence electrons. The first kappa shape index (κ1) is 15.6. The van der Waals surface area contributed by atoms with Crippen LogP contribution in [0.15, 0.2) is 61.2 Å². The topological polar surface area (TPSA) is 38.1 Å².